The Balaban J connectivity index is 1.46. The molecule has 0 aliphatic carbocycles. The Morgan fingerprint density at radius 1 is 0.438 bits per heavy atom. The van der Waals surface area contributed by atoms with Crippen LogP contribution in [0.2, 0.25) is 0 Å². The Morgan fingerprint density at radius 3 is 1.94 bits per heavy atom. The molecule has 7 aromatic rings. The van der Waals surface area contributed by atoms with Gasteiger partial charge >= 0.3 is 0 Å². The predicted molar refractivity (Wildman–Crippen MR) is 133 cm³/mol. The van der Waals surface area contributed by atoms with Crippen molar-refractivity contribution in [2.24, 2.45) is 0 Å². The van der Waals surface area contributed by atoms with Gasteiger partial charge < -0.3 is 0 Å². The summed E-state index contributed by atoms with van der Waals surface area (Å²) in [7, 11) is 0. The Hall–Kier alpha value is -4.37. The second-order valence-corrected chi connectivity index (χ2v) is 8.21. The minimum Gasteiger partial charge on any atom is -0.256 e. The molecule has 0 saturated carbocycles. The zero-order valence-electron chi connectivity index (χ0n) is 17.2. The van der Waals surface area contributed by atoms with Crippen molar-refractivity contribution < 1.29 is 0 Å². The van der Waals surface area contributed by atoms with Gasteiger partial charge in [0.15, 0.2) is 0 Å². The van der Waals surface area contributed by atoms with Crippen molar-refractivity contribution in [2.45, 2.75) is 0 Å². The van der Waals surface area contributed by atoms with E-state index in [4.69, 9.17) is 4.98 Å². The molecule has 0 fully saturated rings. The van der Waals surface area contributed by atoms with Crippen molar-refractivity contribution in [1.29, 1.82) is 0 Å². The van der Waals surface area contributed by atoms with Gasteiger partial charge in [-0.15, -0.1) is 0 Å². The van der Waals surface area contributed by atoms with Crippen LogP contribution in [0.3, 0.4) is 0 Å². The molecule has 0 saturated heterocycles. The maximum atomic E-state index is 5.04. The van der Waals surface area contributed by atoms with E-state index in [1.807, 2.05) is 36.7 Å². The van der Waals surface area contributed by atoms with Crippen LogP contribution in [0.1, 0.15) is 0 Å². The molecule has 3 heterocycles. The number of fused-ring (bicyclic) bond motifs is 5. The van der Waals surface area contributed by atoms with Gasteiger partial charge in [-0.25, -0.2) is 4.98 Å². The average Bonchev–Trinajstić information content (AvgIpc) is 2.84. The number of nitrogens with zero attached hydrogens (tertiary/aromatic N) is 3. The van der Waals surface area contributed by atoms with Crippen LogP contribution in [0.5, 0.6) is 0 Å². The molecule has 0 atom stereocenters. The lowest BCUT2D eigenvalue weighted by Gasteiger charge is -2.09. The third-order valence-corrected chi connectivity index (χ3v) is 6.25. The molecule has 7 rings (SSSR count). The monoisotopic (exact) mass is 407 g/mol. The maximum absolute atomic E-state index is 5.04. The van der Waals surface area contributed by atoms with E-state index in [9.17, 15) is 0 Å². The zero-order chi connectivity index (χ0) is 21.1. The van der Waals surface area contributed by atoms with Crippen LogP contribution in [0.4, 0.5) is 0 Å². The third kappa shape index (κ3) is 2.65. The lowest BCUT2D eigenvalue weighted by Crippen LogP contribution is -1.88. The fourth-order valence-corrected chi connectivity index (χ4v) is 4.67. The van der Waals surface area contributed by atoms with Crippen LogP contribution >= 0.6 is 0 Å². The molecule has 32 heavy (non-hydrogen) atoms. The summed E-state index contributed by atoms with van der Waals surface area (Å²) in [6, 6.07) is 32.0. The van der Waals surface area contributed by atoms with Crippen LogP contribution in [0, 0.1) is 0 Å². The number of aromatic nitrogens is 3. The van der Waals surface area contributed by atoms with E-state index in [-0.39, 0.29) is 0 Å². The Labute approximate surface area is 184 Å². The van der Waals surface area contributed by atoms with Gasteiger partial charge in [-0.2, -0.15) is 0 Å². The predicted octanol–water partition coefficient (Wildman–Crippen LogP) is 7.30. The molecule has 0 aliphatic heterocycles. The molecule has 0 unspecified atom stereocenters. The molecular formula is C29H17N3. The summed E-state index contributed by atoms with van der Waals surface area (Å²) < 4.78 is 0. The smallest absolute Gasteiger partial charge is 0.0716 e. The Bertz CT molecular complexity index is 1830. The van der Waals surface area contributed by atoms with Crippen LogP contribution in [-0.2, 0) is 0 Å². The number of hydrogen-bond donors (Lipinski definition) is 0. The Kier molecular flexibility index (Phi) is 3.55. The number of pyridine rings is 3. The van der Waals surface area contributed by atoms with Crippen LogP contribution in [0.15, 0.2) is 103 Å². The second-order valence-electron chi connectivity index (χ2n) is 8.21. The van der Waals surface area contributed by atoms with E-state index in [2.05, 4.69) is 76.7 Å². The van der Waals surface area contributed by atoms with Crippen molar-refractivity contribution >= 4 is 54.3 Å². The highest BCUT2D eigenvalue weighted by molar-refractivity contribution is 6.07. The first-order valence-electron chi connectivity index (χ1n) is 10.7. The second kappa shape index (κ2) is 6.56. The fraction of sp³-hybridized carbons (Fsp3) is 0. The summed E-state index contributed by atoms with van der Waals surface area (Å²) in [5.41, 5.74) is 5.08. The first-order valence-corrected chi connectivity index (χ1v) is 10.7. The molecule has 0 aliphatic rings. The van der Waals surface area contributed by atoms with Gasteiger partial charge in [0.1, 0.15) is 0 Å². The van der Waals surface area contributed by atoms with Gasteiger partial charge in [-0.1, -0.05) is 30.3 Å². The molecule has 0 spiro atoms. The third-order valence-electron chi connectivity index (χ3n) is 6.25. The van der Waals surface area contributed by atoms with Gasteiger partial charge in [-0.05, 0) is 82.2 Å². The molecule has 0 bridgehead atoms. The van der Waals surface area contributed by atoms with Crippen molar-refractivity contribution in [2.75, 3.05) is 0 Å². The van der Waals surface area contributed by atoms with Gasteiger partial charge in [-0.3, -0.25) is 9.97 Å². The minimum atomic E-state index is 0.966. The molecule has 3 nitrogen and oxygen atoms in total. The van der Waals surface area contributed by atoms with Gasteiger partial charge in [0.05, 0.1) is 22.2 Å². The zero-order valence-corrected chi connectivity index (χ0v) is 17.2. The van der Waals surface area contributed by atoms with Crippen molar-refractivity contribution in [3.05, 3.63) is 103 Å². The summed E-state index contributed by atoms with van der Waals surface area (Å²) in [6.45, 7) is 0. The highest BCUT2D eigenvalue weighted by Gasteiger charge is 2.08. The first kappa shape index (κ1) is 17.3. The summed E-state index contributed by atoms with van der Waals surface area (Å²) >= 11 is 0. The normalized spacial score (nSPS) is 11.8. The van der Waals surface area contributed by atoms with E-state index in [0.717, 1.165) is 44.0 Å². The molecule has 0 N–H and O–H groups in total. The first-order chi connectivity index (χ1) is 15.8. The quantitative estimate of drug-likeness (QED) is 0.268. The number of rotatable bonds is 1. The SMILES string of the molecule is c1cnc2cc3cc4cc5ccc(-c6cccc7ncccc67)nc5cc4cc3cc2c1. The fourth-order valence-electron chi connectivity index (χ4n) is 4.67. The number of hydrogen-bond acceptors (Lipinski definition) is 3. The van der Waals surface area contributed by atoms with E-state index in [0.29, 0.717) is 0 Å². The lowest BCUT2D eigenvalue weighted by atomic mass is 9.99. The molecule has 0 radical (unpaired) electrons. The van der Waals surface area contributed by atoms with Crippen molar-refractivity contribution in [3.8, 4) is 11.3 Å². The molecule has 3 heteroatoms. The summed E-state index contributed by atoms with van der Waals surface area (Å²) in [5.74, 6) is 0. The van der Waals surface area contributed by atoms with Gasteiger partial charge in [0.2, 0.25) is 0 Å². The van der Waals surface area contributed by atoms with Crippen LogP contribution in [0.25, 0.3) is 65.5 Å². The largest absolute Gasteiger partial charge is 0.256 e. The molecule has 0 amide bonds. The Morgan fingerprint density at radius 2 is 1.09 bits per heavy atom. The lowest BCUT2D eigenvalue weighted by molar-refractivity contribution is 1.39. The summed E-state index contributed by atoms with van der Waals surface area (Å²) in [5, 5.41) is 8.24. The summed E-state index contributed by atoms with van der Waals surface area (Å²) in [6.07, 6.45) is 3.67. The standard InChI is InChI=1S/C29H17N3/c1-5-25(24-6-3-11-30-26(24)7-1)27-9-8-19-13-21-14-22-16-28-18(4-2-10-31-28)12-20(22)15-23(21)17-29(19)32-27/h1-17H. The van der Waals surface area contributed by atoms with Crippen molar-refractivity contribution in [1.82, 2.24) is 15.0 Å². The van der Waals surface area contributed by atoms with E-state index in [1.54, 1.807) is 0 Å². The van der Waals surface area contributed by atoms with Gasteiger partial charge in [0, 0.05) is 34.1 Å². The topological polar surface area (TPSA) is 38.7 Å². The van der Waals surface area contributed by atoms with Crippen molar-refractivity contribution in [3.63, 3.8) is 0 Å². The summed E-state index contributed by atoms with van der Waals surface area (Å²) in [4.78, 5) is 14.0. The highest BCUT2D eigenvalue weighted by atomic mass is 14.7. The van der Waals surface area contributed by atoms with E-state index < -0.39 is 0 Å². The molecule has 4 aromatic carbocycles. The van der Waals surface area contributed by atoms with E-state index >= 15 is 0 Å². The minimum absolute atomic E-state index is 0.966. The molecule has 3 aromatic heterocycles. The van der Waals surface area contributed by atoms with Crippen LogP contribution < -0.4 is 0 Å². The molecular weight excluding hydrogens is 390 g/mol. The number of benzene rings is 4. The van der Waals surface area contributed by atoms with Crippen LogP contribution in [-0.4, -0.2) is 15.0 Å². The van der Waals surface area contributed by atoms with Gasteiger partial charge in [0.25, 0.3) is 0 Å². The maximum Gasteiger partial charge on any atom is 0.0716 e. The highest BCUT2D eigenvalue weighted by Crippen LogP contribution is 2.32. The van der Waals surface area contributed by atoms with E-state index in [1.165, 1.54) is 21.5 Å². The average molecular weight is 407 g/mol. The molecule has 148 valence electrons.